The zero-order chi connectivity index (χ0) is 17.4. The van der Waals surface area contributed by atoms with E-state index >= 15 is 0 Å². The molecule has 0 aromatic heterocycles. The van der Waals surface area contributed by atoms with Gasteiger partial charge in [-0.3, -0.25) is 10.9 Å². The minimum Gasteiger partial charge on any atom is -0.461 e. The van der Waals surface area contributed by atoms with Gasteiger partial charge in [-0.2, -0.15) is 10.2 Å². The van der Waals surface area contributed by atoms with Gasteiger partial charge in [0.1, 0.15) is 0 Å². The Balaban J connectivity index is 3.05. The van der Waals surface area contributed by atoms with Crippen molar-refractivity contribution in [2.75, 3.05) is 12.0 Å². The Morgan fingerprint density at radius 2 is 1.87 bits per heavy atom. The molecule has 0 aliphatic carbocycles. The Hall–Kier alpha value is -2.48. The second kappa shape index (κ2) is 8.84. The molecule has 124 valence electrons. The van der Waals surface area contributed by atoms with Crippen LogP contribution in [0.25, 0.3) is 0 Å². The molecule has 1 aromatic carbocycles. The molecular formula is C15H21N5O2S. The first-order chi connectivity index (χ1) is 10.8. The number of nitrogens with one attached hydrogen (secondary N) is 2. The number of hydrogen-bond donors (Lipinski definition) is 3. The summed E-state index contributed by atoms with van der Waals surface area (Å²) in [6, 6.07) is 5.87. The summed E-state index contributed by atoms with van der Waals surface area (Å²) in [4.78, 5) is 12.0. The van der Waals surface area contributed by atoms with Crippen LogP contribution in [0.4, 0.5) is 5.69 Å². The molecule has 0 bridgehead atoms. The number of ether oxygens (including phenoxy) is 1. The number of nitrogens with zero attached hydrogens (tertiary/aromatic N) is 2. The molecule has 0 radical (unpaired) electrons. The molecule has 1 aromatic rings. The monoisotopic (exact) mass is 335 g/mol. The highest BCUT2D eigenvalue weighted by Gasteiger charge is 2.17. The minimum absolute atomic E-state index is 0.00479. The molecule has 0 unspecified atom stereocenters. The molecular weight excluding hydrogens is 314 g/mol. The number of aryl methyl sites for hydroxylation is 2. The van der Waals surface area contributed by atoms with E-state index in [4.69, 9.17) is 10.5 Å². The number of hydrogen-bond acceptors (Lipinski definition) is 6. The third-order valence-corrected chi connectivity index (χ3v) is 2.76. The zero-order valence-electron chi connectivity index (χ0n) is 13.6. The number of carbonyl (C=O) groups is 1. The number of anilines is 1. The lowest BCUT2D eigenvalue weighted by Gasteiger charge is -2.08. The molecule has 0 fully saturated rings. The van der Waals surface area contributed by atoms with Crippen molar-refractivity contribution in [1.82, 2.24) is 5.43 Å². The number of rotatable bonds is 6. The number of benzene rings is 1. The van der Waals surface area contributed by atoms with Crippen molar-refractivity contribution < 1.29 is 9.53 Å². The highest BCUT2D eigenvalue weighted by atomic mass is 32.1. The second-order valence-corrected chi connectivity index (χ2v) is 5.28. The summed E-state index contributed by atoms with van der Waals surface area (Å²) >= 11 is 4.68. The van der Waals surface area contributed by atoms with Crippen LogP contribution in [-0.4, -0.2) is 29.1 Å². The van der Waals surface area contributed by atoms with Crippen LogP contribution in [0, 0.1) is 13.8 Å². The quantitative estimate of drug-likeness (QED) is 0.317. The molecule has 0 atom stereocenters. The van der Waals surface area contributed by atoms with E-state index in [1.807, 2.05) is 32.0 Å². The average molecular weight is 335 g/mol. The maximum atomic E-state index is 12.0. The van der Waals surface area contributed by atoms with Gasteiger partial charge in [0, 0.05) is 0 Å². The Morgan fingerprint density at radius 3 is 2.39 bits per heavy atom. The molecule has 0 spiro atoms. The lowest BCUT2D eigenvalue weighted by atomic mass is 10.1. The predicted molar refractivity (Wildman–Crippen MR) is 96.6 cm³/mol. The number of thiocarbonyl (C=S) groups is 1. The molecule has 0 heterocycles. The lowest BCUT2D eigenvalue weighted by molar-refractivity contribution is -0.134. The maximum absolute atomic E-state index is 12.0. The number of nitrogens with two attached hydrogens (primary N) is 1. The van der Waals surface area contributed by atoms with E-state index in [9.17, 15) is 4.79 Å². The fourth-order valence-corrected chi connectivity index (χ4v) is 1.87. The standard InChI is InChI=1S/C15H21N5O2S/c1-5-22-14(21)13(11(4)17-20-15(16)23)19-18-12-7-9(2)6-10(3)8-12/h6-8,18H,5H2,1-4H3,(H3,16,20,23)/b17-11-,19-13+. The van der Waals surface area contributed by atoms with E-state index in [1.165, 1.54) is 0 Å². The van der Waals surface area contributed by atoms with Crippen LogP contribution < -0.4 is 16.6 Å². The third-order valence-electron chi connectivity index (χ3n) is 2.66. The molecule has 1 rings (SSSR count). The summed E-state index contributed by atoms with van der Waals surface area (Å²) in [7, 11) is 0. The van der Waals surface area contributed by atoms with Gasteiger partial charge in [0.05, 0.1) is 18.0 Å². The number of hydrazone groups is 2. The second-order valence-electron chi connectivity index (χ2n) is 4.84. The molecule has 0 saturated carbocycles. The van der Waals surface area contributed by atoms with E-state index in [1.54, 1.807) is 13.8 Å². The maximum Gasteiger partial charge on any atom is 0.360 e. The van der Waals surface area contributed by atoms with E-state index in [0.29, 0.717) is 5.71 Å². The van der Waals surface area contributed by atoms with Crippen molar-refractivity contribution in [2.45, 2.75) is 27.7 Å². The van der Waals surface area contributed by atoms with Crippen LogP contribution in [0.5, 0.6) is 0 Å². The molecule has 0 amide bonds. The molecule has 7 nitrogen and oxygen atoms in total. The summed E-state index contributed by atoms with van der Waals surface area (Å²) in [5.41, 5.74) is 13.9. The van der Waals surface area contributed by atoms with E-state index in [2.05, 4.69) is 33.3 Å². The van der Waals surface area contributed by atoms with Crippen LogP contribution in [0.3, 0.4) is 0 Å². The topological polar surface area (TPSA) is 101 Å². The first-order valence-electron chi connectivity index (χ1n) is 7.02. The molecule has 0 aliphatic heterocycles. The zero-order valence-corrected chi connectivity index (χ0v) is 14.5. The van der Waals surface area contributed by atoms with Crippen molar-refractivity contribution in [3.63, 3.8) is 0 Å². The SMILES string of the molecule is CCOC(=O)C(=N/Nc1cc(C)cc(C)c1)/C(C)=N\NC(N)=S. The summed E-state index contributed by atoms with van der Waals surface area (Å²) < 4.78 is 4.99. The van der Waals surface area contributed by atoms with Gasteiger partial charge >= 0.3 is 5.97 Å². The summed E-state index contributed by atoms with van der Waals surface area (Å²) in [6.45, 7) is 7.51. The van der Waals surface area contributed by atoms with Gasteiger partial charge in [-0.05, 0) is 63.2 Å². The van der Waals surface area contributed by atoms with Gasteiger partial charge in [-0.1, -0.05) is 6.07 Å². The summed E-state index contributed by atoms with van der Waals surface area (Å²) in [5.74, 6) is -0.588. The summed E-state index contributed by atoms with van der Waals surface area (Å²) in [6.07, 6.45) is 0. The predicted octanol–water partition coefficient (Wildman–Crippen LogP) is 1.84. The van der Waals surface area contributed by atoms with Crippen LogP contribution in [0.2, 0.25) is 0 Å². The van der Waals surface area contributed by atoms with Crippen molar-refractivity contribution in [2.24, 2.45) is 15.9 Å². The fraction of sp³-hybridized carbons (Fsp3) is 0.333. The van der Waals surface area contributed by atoms with E-state index in [-0.39, 0.29) is 17.4 Å². The van der Waals surface area contributed by atoms with Crippen molar-refractivity contribution in [1.29, 1.82) is 0 Å². The van der Waals surface area contributed by atoms with Gasteiger partial charge in [0.2, 0.25) is 0 Å². The highest BCUT2D eigenvalue weighted by Crippen LogP contribution is 2.13. The van der Waals surface area contributed by atoms with Crippen LogP contribution in [0.15, 0.2) is 28.4 Å². The van der Waals surface area contributed by atoms with Crippen molar-refractivity contribution >= 4 is 40.4 Å². The first kappa shape index (κ1) is 18.6. The Morgan fingerprint density at radius 1 is 1.26 bits per heavy atom. The molecule has 8 heteroatoms. The Labute approximate surface area is 141 Å². The van der Waals surface area contributed by atoms with Crippen LogP contribution >= 0.6 is 12.2 Å². The summed E-state index contributed by atoms with van der Waals surface area (Å²) in [5, 5.41) is 8.01. The fourth-order valence-electron chi connectivity index (χ4n) is 1.83. The number of esters is 1. The van der Waals surface area contributed by atoms with Gasteiger partial charge in [-0.15, -0.1) is 0 Å². The average Bonchev–Trinajstić information content (AvgIpc) is 2.44. The first-order valence-corrected chi connectivity index (χ1v) is 7.43. The van der Waals surface area contributed by atoms with E-state index < -0.39 is 5.97 Å². The largest absolute Gasteiger partial charge is 0.461 e. The Kier molecular flexibility index (Phi) is 7.14. The van der Waals surface area contributed by atoms with Gasteiger partial charge in [0.25, 0.3) is 0 Å². The number of carbonyl (C=O) groups excluding carboxylic acids is 1. The van der Waals surface area contributed by atoms with Gasteiger partial charge < -0.3 is 10.5 Å². The Bertz CT molecular complexity index is 635. The van der Waals surface area contributed by atoms with Crippen LogP contribution in [-0.2, 0) is 9.53 Å². The molecule has 0 saturated heterocycles. The highest BCUT2D eigenvalue weighted by molar-refractivity contribution is 7.80. The normalized spacial score (nSPS) is 11.8. The van der Waals surface area contributed by atoms with Crippen molar-refractivity contribution in [3.05, 3.63) is 29.3 Å². The minimum atomic E-state index is -0.588. The third kappa shape index (κ3) is 6.43. The van der Waals surface area contributed by atoms with Crippen LogP contribution in [0.1, 0.15) is 25.0 Å². The van der Waals surface area contributed by atoms with Crippen molar-refractivity contribution in [3.8, 4) is 0 Å². The molecule has 0 aliphatic rings. The van der Waals surface area contributed by atoms with Gasteiger partial charge in [-0.25, -0.2) is 4.79 Å². The smallest absolute Gasteiger partial charge is 0.360 e. The van der Waals surface area contributed by atoms with E-state index in [0.717, 1.165) is 16.8 Å². The lowest BCUT2D eigenvalue weighted by Crippen LogP contribution is -2.30. The van der Waals surface area contributed by atoms with Gasteiger partial charge in [0.15, 0.2) is 10.8 Å². The molecule has 4 N–H and O–H groups in total. The molecule has 23 heavy (non-hydrogen) atoms.